The lowest BCUT2D eigenvalue weighted by Gasteiger charge is -2.09. The quantitative estimate of drug-likeness (QED) is 0.600. The van der Waals surface area contributed by atoms with Crippen LogP contribution >= 0.6 is 0 Å². The van der Waals surface area contributed by atoms with Crippen LogP contribution in [0.2, 0.25) is 0 Å². The Balaban J connectivity index is 2.69. The summed E-state index contributed by atoms with van der Waals surface area (Å²) in [7, 11) is 3.62. The first-order valence-corrected chi connectivity index (χ1v) is 5.06. The lowest BCUT2D eigenvalue weighted by Crippen LogP contribution is -2.22. The highest BCUT2D eigenvalue weighted by molar-refractivity contribution is 5.76. The van der Waals surface area contributed by atoms with E-state index in [-0.39, 0.29) is 0 Å². The molecule has 1 aromatic rings. The minimum absolute atomic E-state index is 0.417. The van der Waals surface area contributed by atoms with Crippen molar-refractivity contribution in [1.82, 2.24) is 4.90 Å². The highest BCUT2D eigenvalue weighted by Gasteiger charge is 2.15. The Morgan fingerprint density at radius 3 is 2.56 bits per heavy atom. The molecule has 0 heterocycles. The number of carbonyl (C=O) groups is 1. The third-order valence-electron chi connectivity index (χ3n) is 2.03. The van der Waals surface area contributed by atoms with Crippen LogP contribution in [0.25, 0.3) is 0 Å². The van der Waals surface area contributed by atoms with Gasteiger partial charge >= 0.3 is 5.97 Å². The zero-order valence-electron chi connectivity index (χ0n) is 9.50. The number of carboxylic acids is 1. The van der Waals surface area contributed by atoms with Gasteiger partial charge in [-0.3, -0.25) is 4.99 Å². The zero-order chi connectivity index (χ0) is 12.0. The molecular weight excluding hydrogens is 204 g/mol. The number of hydrogen-bond donors (Lipinski definition) is 1. The maximum atomic E-state index is 11.0. The summed E-state index contributed by atoms with van der Waals surface area (Å²) in [6, 6.07) is 8.78. The average molecular weight is 220 g/mol. The van der Waals surface area contributed by atoms with Crippen LogP contribution < -0.4 is 0 Å². The second kappa shape index (κ2) is 5.90. The molecule has 0 aliphatic carbocycles. The predicted octanol–water partition coefficient (Wildman–Crippen LogP) is 1.27. The molecule has 86 valence electrons. The van der Waals surface area contributed by atoms with Gasteiger partial charge < -0.3 is 10.0 Å². The Bertz CT molecular complexity index is 361. The molecule has 0 saturated carbocycles. The van der Waals surface area contributed by atoms with Gasteiger partial charge in [0.2, 0.25) is 0 Å². The van der Waals surface area contributed by atoms with E-state index >= 15 is 0 Å². The first-order chi connectivity index (χ1) is 7.59. The molecular formula is C12H16N2O2. The first kappa shape index (κ1) is 12.2. The Hall–Kier alpha value is -1.84. The van der Waals surface area contributed by atoms with Crippen molar-refractivity contribution >= 4 is 12.3 Å². The molecule has 0 radical (unpaired) electrons. The molecule has 1 unspecified atom stereocenters. The van der Waals surface area contributed by atoms with Gasteiger partial charge in [0.25, 0.3) is 0 Å². The van der Waals surface area contributed by atoms with Crippen molar-refractivity contribution in [2.24, 2.45) is 4.99 Å². The van der Waals surface area contributed by atoms with Gasteiger partial charge in [-0.1, -0.05) is 30.3 Å². The van der Waals surface area contributed by atoms with E-state index in [0.29, 0.717) is 6.42 Å². The van der Waals surface area contributed by atoms with Gasteiger partial charge in [-0.15, -0.1) is 0 Å². The fourth-order valence-corrected chi connectivity index (χ4v) is 1.25. The standard InChI is InChI=1S/C12H16N2O2/c1-14(2)9-13-11(12(15)16)8-10-6-4-3-5-7-10/h3-7,9,11H,8H2,1-2H3,(H,15,16). The second-order valence-corrected chi connectivity index (χ2v) is 3.77. The van der Waals surface area contributed by atoms with Crippen LogP contribution in [0.15, 0.2) is 35.3 Å². The smallest absolute Gasteiger partial charge is 0.328 e. The largest absolute Gasteiger partial charge is 0.480 e. The molecule has 0 bridgehead atoms. The third kappa shape index (κ3) is 4.13. The van der Waals surface area contributed by atoms with Gasteiger partial charge in [-0.05, 0) is 5.56 Å². The maximum Gasteiger partial charge on any atom is 0.328 e. The van der Waals surface area contributed by atoms with Crippen molar-refractivity contribution in [3.05, 3.63) is 35.9 Å². The molecule has 0 aliphatic rings. The minimum Gasteiger partial charge on any atom is -0.480 e. The topological polar surface area (TPSA) is 52.9 Å². The van der Waals surface area contributed by atoms with Crippen molar-refractivity contribution in [3.8, 4) is 0 Å². The molecule has 0 saturated heterocycles. The minimum atomic E-state index is -0.901. The Labute approximate surface area is 95.2 Å². The summed E-state index contributed by atoms with van der Waals surface area (Å²) in [5.41, 5.74) is 0.978. The summed E-state index contributed by atoms with van der Waals surface area (Å²) >= 11 is 0. The second-order valence-electron chi connectivity index (χ2n) is 3.77. The predicted molar refractivity (Wildman–Crippen MR) is 63.7 cm³/mol. The van der Waals surface area contributed by atoms with Crippen LogP contribution in [0, 0.1) is 0 Å². The van der Waals surface area contributed by atoms with E-state index in [1.54, 1.807) is 4.90 Å². The van der Waals surface area contributed by atoms with Gasteiger partial charge in [-0.2, -0.15) is 0 Å². The Morgan fingerprint density at radius 1 is 1.44 bits per heavy atom. The molecule has 0 aliphatic heterocycles. The fraction of sp³-hybridized carbons (Fsp3) is 0.333. The van der Waals surface area contributed by atoms with Crippen molar-refractivity contribution < 1.29 is 9.90 Å². The summed E-state index contributed by atoms with van der Waals surface area (Å²) in [5.74, 6) is -0.901. The summed E-state index contributed by atoms with van der Waals surface area (Å²) in [4.78, 5) is 16.7. The van der Waals surface area contributed by atoms with Crippen LogP contribution in [0.5, 0.6) is 0 Å². The van der Waals surface area contributed by atoms with Gasteiger partial charge in [0.1, 0.15) is 0 Å². The van der Waals surface area contributed by atoms with E-state index in [0.717, 1.165) is 5.56 Å². The lowest BCUT2D eigenvalue weighted by molar-refractivity contribution is -0.138. The van der Waals surface area contributed by atoms with E-state index in [1.807, 2.05) is 44.4 Å². The normalized spacial score (nSPS) is 12.6. The Kier molecular flexibility index (Phi) is 4.51. The number of aliphatic carboxylic acids is 1. The third-order valence-corrected chi connectivity index (χ3v) is 2.03. The monoisotopic (exact) mass is 220 g/mol. The molecule has 1 atom stereocenters. The van der Waals surface area contributed by atoms with Crippen LogP contribution in [0.3, 0.4) is 0 Å². The lowest BCUT2D eigenvalue weighted by atomic mass is 10.1. The van der Waals surface area contributed by atoms with E-state index in [1.165, 1.54) is 6.34 Å². The average Bonchev–Trinajstić information content (AvgIpc) is 2.25. The van der Waals surface area contributed by atoms with Crippen molar-refractivity contribution in [1.29, 1.82) is 0 Å². The summed E-state index contributed by atoms with van der Waals surface area (Å²) in [6.07, 6.45) is 1.95. The van der Waals surface area contributed by atoms with Gasteiger partial charge in [-0.25, -0.2) is 4.79 Å². The van der Waals surface area contributed by atoms with E-state index in [2.05, 4.69) is 4.99 Å². The van der Waals surface area contributed by atoms with Gasteiger partial charge in [0, 0.05) is 20.5 Å². The number of nitrogens with zero attached hydrogens (tertiary/aromatic N) is 2. The fourth-order valence-electron chi connectivity index (χ4n) is 1.25. The van der Waals surface area contributed by atoms with Crippen molar-refractivity contribution in [2.45, 2.75) is 12.5 Å². The van der Waals surface area contributed by atoms with Crippen molar-refractivity contribution in [2.75, 3.05) is 14.1 Å². The molecule has 1 aromatic carbocycles. The van der Waals surface area contributed by atoms with E-state index < -0.39 is 12.0 Å². The van der Waals surface area contributed by atoms with E-state index in [9.17, 15) is 4.79 Å². The van der Waals surface area contributed by atoms with E-state index in [4.69, 9.17) is 5.11 Å². The molecule has 4 heteroatoms. The maximum absolute atomic E-state index is 11.0. The van der Waals surface area contributed by atoms with Gasteiger partial charge in [0.15, 0.2) is 6.04 Å². The summed E-state index contributed by atoms with van der Waals surface area (Å²) < 4.78 is 0. The first-order valence-electron chi connectivity index (χ1n) is 5.06. The van der Waals surface area contributed by atoms with Crippen LogP contribution in [-0.4, -0.2) is 42.5 Å². The molecule has 1 rings (SSSR count). The molecule has 4 nitrogen and oxygen atoms in total. The van der Waals surface area contributed by atoms with Crippen molar-refractivity contribution in [3.63, 3.8) is 0 Å². The number of carboxylic acid groups (broad SMARTS) is 1. The zero-order valence-corrected chi connectivity index (χ0v) is 9.50. The Morgan fingerprint density at radius 2 is 2.06 bits per heavy atom. The number of hydrogen-bond acceptors (Lipinski definition) is 2. The summed E-state index contributed by atoms with van der Waals surface area (Å²) in [6.45, 7) is 0. The van der Waals surface area contributed by atoms with Gasteiger partial charge in [0.05, 0.1) is 6.34 Å². The molecule has 0 spiro atoms. The summed E-state index contributed by atoms with van der Waals surface area (Å²) in [5, 5.41) is 9.02. The molecule has 0 aromatic heterocycles. The molecule has 16 heavy (non-hydrogen) atoms. The number of aliphatic imine (C=N–C) groups is 1. The molecule has 0 amide bonds. The SMILES string of the molecule is CN(C)C=NC(Cc1ccccc1)C(=O)O. The van der Waals surface area contributed by atoms with Crippen LogP contribution in [-0.2, 0) is 11.2 Å². The molecule has 0 fully saturated rings. The highest BCUT2D eigenvalue weighted by atomic mass is 16.4. The molecule has 1 N–H and O–H groups in total. The van der Waals surface area contributed by atoms with Crippen LogP contribution in [0.1, 0.15) is 5.56 Å². The number of benzene rings is 1. The van der Waals surface area contributed by atoms with Crippen LogP contribution in [0.4, 0.5) is 0 Å². The number of rotatable bonds is 5. The highest BCUT2D eigenvalue weighted by Crippen LogP contribution is 2.05.